The molecule has 1 saturated heterocycles. The van der Waals surface area contributed by atoms with E-state index in [0.29, 0.717) is 19.5 Å². The second-order valence-corrected chi connectivity index (χ2v) is 8.35. The fourth-order valence-electron chi connectivity index (χ4n) is 4.48. The molecule has 1 N–H and O–H groups in total. The number of imidazole rings is 1. The Labute approximate surface area is 163 Å². The van der Waals surface area contributed by atoms with Crippen molar-refractivity contribution in [1.29, 1.82) is 0 Å². The second-order valence-electron chi connectivity index (χ2n) is 7.36. The molecule has 1 spiro atoms. The zero-order valence-electron chi connectivity index (χ0n) is 16.0. The minimum Gasteiger partial charge on any atom is -0.348 e. The first-order valence-electron chi connectivity index (χ1n) is 9.79. The van der Waals surface area contributed by atoms with E-state index < -0.39 is 0 Å². The van der Waals surface area contributed by atoms with Crippen LogP contribution < -0.4 is 0 Å². The van der Waals surface area contributed by atoms with Gasteiger partial charge in [0.05, 0.1) is 23.1 Å². The molecule has 4 heterocycles. The lowest BCUT2D eigenvalue weighted by Gasteiger charge is -2.50. The lowest BCUT2D eigenvalue weighted by Crippen LogP contribution is -2.58. The van der Waals surface area contributed by atoms with Gasteiger partial charge in [-0.05, 0) is 25.3 Å². The maximum Gasteiger partial charge on any atom is 0.254 e. The van der Waals surface area contributed by atoms with Crippen LogP contribution in [0.3, 0.4) is 0 Å². The molecule has 0 aliphatic carbocycles. The van der Waals surface area contributed by atoms with Crippen LogP contribution in [0, 0.1) is 0 Å². The minimum atomic E-state index is -0.374. The molecular weight excluding hydrogens is 360 g/mol. The molecule has 7 heteroatoms. The summed E-state index contributed by atoms with van der Waals surface area (Å²) in [4.78, 5) is 38.6. The Morgan fingerprint density at radius 3 is 2.70 bits per heavy atom. The second kappa shape index (κ2) is 7.11. The zero-order chi connectivity index (χ0) is 19.0. The van der Waals surface area contributed by atoms with Gasteiger partial charge in [-0.2, -0.15) is 0 Å². The number of aromatic amines is 1. The van der Waals surface area contributed by atoms with Crippen molar-refractivity contribution in [2.45, 2.75) is 51.5 Å². The Balaban J connectivity index is 1.57. The molecule has 27 heavy (non-hydrogen) atoms. The SMILES string of the molecule is CCC(=O)N1CCc2[nH]cnc2C12CCN(C(=O)c1csc(CC)c1)CC2. The summed E-state index contributed by atoms with van der Waals surface area (Å²) in [5.41, 5.74) is 2.56. The summed E-state index contributed by atoms with van der Waals surface area (Å²) in [6.07, 6.45) is 5.50. The number of fused-ring (bicyclic) bond motifs is 2. The van der Waals surface area contributed by atoms with Crippen molar-refractivity contribution in [3.63, 3.8) is 0 Å². The number of piperidine rings is 1. The zero-order valence-corrected chi connectivity index (χ0v) is 16.8. The van der Waals surface area contributed by atoms with Crippen molar-refractivity contribution >= 4 is 23.2 Å². The quantitative estimate of drug-likeness (QED) is 0.882. The van der Waals surface area contributed by atoms with Gasteiger partial charge >= 0.3 is 0 Å². The highest BCUT2D eigenvalue weighted by atomic mass is 32.1. The molecular formula is C20H26N4O2S. The summed E-state index contributed by atoms with van der Waals surface area (Å²) in [5.74, 6) is 0.279. The Hall–Kier alpha value is -2.15. The highest BCUT2D eigenvalue weighted by Gasteiger charge is 2.48. The van der Waals surface area contributed by atoms with Gasteiger partial charge in [-0.3, -0.25) is 9.59 Å². The number of carbonyl (C=O) groups excluding carboxylic acids is 2. The van der Waals surface area contributed by atoms with Crippen LogP contribution in [0.15, 0.2) is 17.8 Å². The topological polar surface area (TPSA) is 69.3 Å². The van der Waals surface area contributed by atoms with Gasteiger partial charge in [0.15, 0.2) is 0 Å². The van der Waals surface area contributed by atoms with E-state index >= 15 is 0 Å². The van der Waals surface area contributed by atoms with Gasteiger partial charge < -0.3 is 14.8 Å². The molecule has 2 amide bonds. The number of nitrogens with zero attached hydrogens (tertiary/aromatic N) is 3. The molecule has 0 bridgehead atoms. The van der Waals surface area contributed by atoms with Gasteiger partial charge in [0.25, 0.3) is 5.91 Å². The predicted molar refractivity (Wildman–Crippen MR) is 105 cm³/mol. The molecule has 144 valence electrons. The predicted octanol–water partition coefficient (Wildman–Crippen LogP) is 2.96. The number of likely N-dealkylation sites (tertiary alicyclic amines) is 1. The Kier molecular flexibility index (Phi) is 4.80. The fraction of sp³-hybridized carbons (Fsp3) is 0.550. The first-order valence-corrected chi connectivity index (χ1v) is 10.7. The van der Waals surface area contributed by atoms with Crippen LogP contribution in [-0.2, 0) is 23.2 Å². The Morgan fingerprint density at radius 2 is 2.04 bits per heavy atom. The number of aryl methyl sites for hydroxylation is 1. The molecule has 2 aliphatic heterocycles. The average molecular weight is 387 g/mol. The third kappa shape index (κ3) is 2.98. The number of amides is 2. The molecule has 0 aromatic carbocycles. The van der Waals surface area contributed by atoms with Gasteiger partial charge in [0.2, 0.25) is 5.91 Å². The standard InChI is InChI=1S/C20H26N4O2S/c1-3-15-11-14(12-27-15)19(26)23-9-6-20(7-10-23)18-16(21-13-22-18)5-8-24(20)17(25)4-2/h11-13H,3-10H2,1-2H3,(H,21,22). The van der Waals surface area contributed by atoms with E-state index in [4.69, 9.17) is 0 Å². The number of rotatable bonds is 3. The summed E-state index contributed by atoms with van der Waals surface area (Å²) in [7, 11) is 0. The number of nitrogens with one attached hydrogen (secondary N) is 1. The summed E-state index contributed by atoms with van der Waals surface area (Å²) >= 11 is 1.65. The number of aromatic nitrogens is 2. The number of hydrogen-bond acceptors (Lipinski definition) is 4. The van der Waals surface area contributed by atoms with Crippen LogP contribution in [0.25, 0.3) is 0 Å². The first kappa shape index (κ1) is 18.2. The van der Waals surface area contributed by atoms with Crippen LogP contribution in [0.2, 0.25) is 0 Å². The van der Waals surface area contributed by atoms with Crippen molar-refractivity contribution in [3.8, 4) is 0 Å². The maximum atomic E-state index is 12.9. The normalized spacial score (nSPS) is 18.6. The van der Waals surface area contributed by atoms with Crippen molar-refractivity contribution in [1.82, 2.24) is 19.8 Å². The van der Waals surface area contributed by atoms with Crippen LogP contribution >= 0.6 is 11.3 Å². The van der Waals surface area contributed by atoms with E-state index in [-0.39, 0.29) is 17.4 Å². The van der Waals surface area contributed by atoms with E-state index in [9.17, 15) is 9.59 Å². The lowest BCUT2D eigenvalue weighted by molar-refractivity contribution is -0.141. The van der Waals surface area contributed by atoms with Crippen molar-refractivity contribution in [3.05, 3.63) is 39.6 Å². The number of hydrogen-bond donors (Lipinski definition) is 1. The van der Waals surface area contributed by atoms with Gasteiger partial charge in [0.1, 0.15) is 0 Å². The molecule has 6 nitrogen and oxygen atoms in total. The molecule has 1 fully saturated rings. The van der Waals surface area contributed by atoms with Crippen molar-refractivity contribution < 1.29 is 9.59 Å². The molecule has 0 atom stereocenters. The highest BCUT2D eigenvalue weighted by Crippen LogP contribution is 2.42. The summed E-state index contributed by atoms with van der Waals surface area (Å²) in [6, 6.07) is 2.01. The minimum absolute atomic E-state index is 0.104. The average Bonchev–Trinajstić information content (AvgIpc) is 3.37. The molecule has 2 aromatic rings. The van der Waals surface area contributed by atoms with Crippen LogP contribution in [0.5, 0.6) is 0 Å². The maximum absolute atomic E-state index is 12.9. The number of carbonyl (C=O) groups is 2. The summed E-state index contributed by atoms with van der Waals surface area (Å²) < 4.78 is 0. The third-order valence-corrected chi connectivity index (χ3v) is 7.07. The molecule has 0 radical (unpaired) electrons. The van der Waals surface area contributed by atoms with Gasteiger partial charge in [0, 0.05) is 48.4 Å². The Morgan fingerprint density at radius 1 is 1.26 bits per heavy atom. The van der Waals surface area contributed by atoms with Gasteiger partial charge in [-0.15, -0.1) is 11.3 Å². The molecule has 0 unspecified atom stereocenters. The van der Waals surface area contributed by atoms with E-state index in [1.54, 1.807) is 17.7 Å². The summed E-state index contributed by atoms with van der Waals surface area (Å²) in [5, 5.41) is 1.96. The van der Waals surface area contributed by atoms with E-state index in [1.807, 2.05) is 28.2 Å². The Bertz CT molecular complexity index is 848. The fourth-order valence-corrected chi connectivity index (χ4v) is 5.29. The van der Waals surface area contributed by atoms with E-state index in [1.165, 1.54) is 4.88 Å². The van der Waals surface area contributed by atoms with Crippen LogP contribution in [0.4, 0.5) is 0 Å². The van der Waals surface area contributed by atoms with Crippen molar-refractivity contribution in [2.24, 2.45) is 0 Å². The van der Waals surface area contributed by atoms with Crippen LogP contribution in [-0.4, -0.2) is 51.2 Å². The highest BCUT2D eigenvalue weighted by molar-refractivity contribution is 7.10. The monoisotopic (exact) mass is 386 g/mol. The van der Waals surface area contributed by atoms with Crippen LogP contribution in [0.1, 0.15) is 59.7 Å². The van der Waals surface area contributed by atoms with Crippen molar-refractivity contribution in [2.75, 3.05) is 19.6 Å². The molecule has 2 aromatic heterocycles. The van der Waals surface area contributed by atoms with Gasteiger partial charge in [-0.1, -0.05) is 13.8 Å². The lowest BCUT2D eigenvalue weighted by atomic mass is 9.78. The molecule has 4 rings (SSSR count). The first-order chi connectivity index (χ1) is 13.1. The van der Waals surface area contributed by atoms with E-state index in [2.05, 4.69) is 16.9 Å². The molecule has 2 aliphatic rings. The van der Waals surface area contributed by atoms with Gasteiger partial charge in [-0.25, -0.2) is 4.98 Å². The number of H-pyrrole nitrogens is 1. The smallest absolute Gasteiger partial charge is 0.254 e. The largest absolute Gasteiger partial charge is 0.348 e. The third-order valence-electron chi connectivity index (χ3n) is 5.99. The van der Waals surface area contributed by atoms with E-state index in [0.717, 1.165) is 49.2 Å². The summed E-state index contributed by atoms with van der Waals surface area (Å²) in [6.45, 7) is 6.04. The number of thiophene rings is 1. The molecule has 0 saturated carbocycles.